The summed E-state index contributed by atoms with van der Waals surface area (Å²) in [5.74, 6) is 0.543. The molecule has 19 heavy (non-hydrogen) atoms. The predicted molar refractivity (Wildman–Crippen MR) is 70.3 cm³/mol. The average Bonchev–Trinajstić information content (AvgIpc) is 2.71. The van der Waals surface area contributed by atoms with Crippen LogP contribution in [0.3, 0.4) is 0 Å². The summed E-state index contributed by atoms with van der Waals surface area (Å²) in [6, 6.07) is 9.14. The van der Waals surface area contributed by atoms with Gasteiger partial charge in [-0.1, -0.05) is 12.1 Å². The van der Waals surface area contributed by atoms with Gasteiger partial charge in [-0.25, -0.2) is 13.4 Å². The summed E-state index contributed by atoms with van der Waals surface area (Å²) in [6.07, 6.45) is 1.39. The van der Waals surface area contributed by atoms with Crippen LogP contribution in [0, 0.1) is 18.3 Å². The average molecular weight is 296 g/mol. The van der Waals surface area contributed by atoms with Crippen molar-refractivity contribution in [1.82, 2.24) is 9.55 Å². The molecule has 98 valence electrons. The molecule has 0 fully saturated rings. The summed E-state index contributed by atoms with van der Waals surface area (Å²) in [6.45, 7) is 2.13. The minimum Gasteiger partial charge on any atom is -0.329 e. The van der Waals surface area contributed by atoms with Crippen LogP contribution < -0.4 is 0 Å². The Kier molecular flexibility index (Phi) is 3.60. The van der Waals surface area contributed by atoms with E-state index < -0.39 is 9.05 Å². The van der Waals surface area contributed by atoms with Crippen LogP contribution in [0.25, 0.3) is 0 Å². The van der Waals surface area contributed by atoms with Crippen molar-refractivity contribution in [3.8, 4) is 6.07 Å². The van der Waals surface area contributed by atoms with E-state index in [4.69, 9.17) is 15.9 Å². The lowest BCUT2D eigenvalue weighted by atomic mass is 10.1. The molecular weight excluding hydrogens is 286 g/mol. The maximum atomic E-state index is 11.2. The molecule has 0 bridgehead atoms. The van der Waals surface area contributed by atoms with Gasteiger partial charge in [-0.3, -0.25) is 0 Å². The standard InChI is InChI=1S/C12H10ClN3O2S/c1-9-15-12(19(13,17)18)8-16(9)7-11-4-2-3-10(5-11)6-14/h2-5,8H,7H2,1H3. The SMILES string of the molecule is Cc1nc(S(=O)(=O)Cl)cn1Cc1cccc(C#N)c1. The van der Waals surface area contributed by atoms with Gasteiger partial charge in [-0.2, -0.15) is 5.26 Å². The first-order valence-corrected chi connectivity index (χ1v) is 7.68. The minimum atomic E-state index is -3.82. The van der Waals surface area contributed by atoms with Crippen LogP contribution >= 0.6 is 10.7 Å². The van der Waals surface area contributed by atoms with Crippen molar-refractivity contribution in [1.29, 1.82) is 5.26 Å². The number of hydrogen-bond donors (Lipinski definition) is 0. The highest BCUT2D eigenvalue weighted by Crippen LogP contribution is 2.15. The summed E-state index contributed by atoms with van der Waals surface area (Å²) >= 11 is 0. The van der Waals surface area contributed by atoms with E-state index in [2.05, 4.69) is 11.1 Å². The van der Waals surface area contributed by atoms with Crippen LogP contribution in [0.2, 0.25) is 0 Å². The van der Waals surface area contributed by atoms with E-state index in [-0.39, 0.29) is 5.03 Å². The topological polar surface area (TPSA) is 75.8 Å². The molecule has 0 aliphatic rings. The molecule has 0 saturated heterocycles. The number of hydrogen-bond acceptors (Lipinski definition) is 4. The zero-order valence-corrected chi connectivity index (χ0v) is 11.6. The molecule has 0 spiro atoms. The highest BCUT2D eigenvalue weighted by atomic mass is 35.7. The van der Waals surface area contributed by atoms with E-state index in [0.29, 0.717) is 17.9 Å². The number of aromatic nitrogens is 2. The first-order valence-electron chi connectivity index (χ1n) is 5.37. The Bertz CT molecular complexity index is 760. The Morgan fingerprint density at radius 3 is 2.79 bits per heavy atom. The molecule has 1 heterocycles. The zero-order chi connectivity index (χ0) is 14.0. The van der Waals surface area contributed by atoms with Gasteiger partial charge in [0.15, 0.2) is 5.03 Å². The van der Waals surface area contributed by atoms with E-state index >= 15 is 0 Å². The highest BCUT2D eigenvalue weighted by molar-refractivity contribution is 8.13. The summed E-state index contributed by atoms with van der Waals surface area (Å²) in [7, 11) is 1.43. The number of aryl methyl sites for hydroxylation is 1. The van der Waals surface area contributed by atoms with Crippen LogP contribution in [0.15, 0.2) is 35.5 Å². The molecule has 0 N–H and O–H groups in total. The fraction of sp³-hybridized carbons (Fsp3) is 0.167. The van der Waals surface area contributed by atoms with Crippen LogP contribution in [0.1, 0.15) is 17.0 Å². The Morgan fingerprint density at radius 2 is 2.21 bits per heavy atom. The van der Waals surface area contributed by atoms with E-state index in [9.17, 15) is 8.42 Å². The lowest BCUT2D eigenvalue weighted by Crippen LogP contribution is -2.00. The number of benzene rings is 1. The van der Waals surface area contributed by atoms with E-state index in [1.807, 2.05) is 6.07 Å². The Labute approximate surface area is 115 Å². The fourth-order valence-corrected chi connectivity index (χ4v) is 2.41. The van der Waals surface area contributed by atoms with Gasteiger partial charge in [0.1, 0.15) is 5.82 Å². The van der Waals surface area contributed by atoms with Crippen molar-refractivity contribution in [2.24, 2.45) is 0 Å². The van der Waals surface area contributed by atoms with Crippen molar-refractivity contribution < 1.29 is 8.42 Å². The van der Waals surface area contributed by atoms with Crippen LogP contribution in [-0.2, 0) is 15.6 Å². The van der Waals surface area contributed by atoms with Gasteiger partial charge in [0.25, 0.3) is 9.05 Å². The van der Waals surface area contributed by atoms with Gasteiger partial charge >= 0.3 is 0 Å². The molecule has 5 nitrogen and oxygen atoms in total. The summed E-state index contributed by atoms with van der Waals surface area (Å²) in [5, 5.41) is 8.66. The molecule has 0 atom stereocenters. The van der Waals surface area contributed by atoms with Crippen LogP contribution in [0.4, 0.5) is 0 Å². The molecule has 0 aliphatic heterocycles. The number of nitrogens with zero attached hydrogens (tertiary/aromatic N) is 3. The molecule has 7 heteroatoms. The van der Waals surface area contributed by atoms with Gasteiger partial charge in [0.05, 0.1) is 11.6 Å². The Balaban J connectivity index is 2.34. The third-order valence-corrected chi connectivity index (χ3v) is 3.78. The maximum Gasteiger partial charge on any atom is 0.280 e. The molecule has 1 aromatic heterocycles. The fourth-order valence-electron chi connectivity index (χ4n) is 1.69. The minimum absolute atomic E-state index is 0.164. The van der Waals surface area contributed by atoms with Gasteiger partial charge < -0.3 is 4.57 Å². The van der Waals surface area contributed by atoms with Crippen molar-refractivity contribution in [2.75, 3.05) is 0 Å². The second-order valence-electron chi connectivity index (χ2n) is 4.00. The van der Waals surface area contributed by atoms with E-state index in [0.717, 1.165) is 5.56 Å². The van der Waals surface area contributed by atoms with Gasteiger partial charge in [-0.05, 0) is 24.6 Å². The second-order valence-corrected chi connectivity index (χ2v) is 6.52. The lowest BCUT2D eigenvalue weighted by molar-refractivity contribution is 0.606. The first-order chi connectivity index (χ1) is 8.90. The van der Waals surface area contributed by atoms with Crippen molar-refractivity contribution >= 4 is 19.7 Å². The third kappa shape index (κ3) is 3.13. The second kappa shape index (κ2) is 5.03. The summed E-state index contributed by atoms with van der Waals surface area (Å²) < 4.78 is 24.1. The van der Waals surface area contributed by atoms with Crippen LogP contribution in [0.5, 0.6) is 0 Å². The first kappa shape index (κ1) is 13.6. The smallest absolute Gasteiger partial charge is 0.280 e. The molecule has 0 aliphatic carbocycles. The van der Waals surface area contributed by atoms with Gasteiger partial charge in [-0.15, -0.1) is 0 Å². The molecule has 0 amide bonds. The summed E-state index contributed by atoms with van der Waals surface area (Å²) in [4.78, 5) is 3.90. The summed E-state index contributed by atoms with van der Waals surface area (Å²) in [5.41, 5.74) is 1.44. The van der Waals surface area contributed by atoms with Crippen LogP contribution in [-0.4, -0.2) is 18.0 Å². The Hall–Kier alpha value is -1.84. The predicted octanol–water partition coefficient (Wildman–Crippen LogP) is 2.04. The molecule has 0 radical (unpaired) electrons. The zero-order valence-electron chi connectivity index (χ0n) is 10.0. The third-order valence-electron chi connectivity index (χ3n) is 2.61. The van der Waals surface area contributed by atoms with Crippen molar-refractivity contribution in [2.45, 2.75) is 18.5 Å². The quantitative estimate of drug-likeness (QED) is 0.812. The van der Waals surface area contributed by atoms with Crippen molar-refractivity contribution in [3.05, 3.63) is 47.4 Å². The largest absolute Gasteiger partial charge is 0.329 e. The number of halogens is 1. The molecule has 2 rings (SSSR count). The monoisotopic (exact) mass is 295 g/mol. The number of nitriles is 1. The van der Waals surface area contributed by atoms with E-state index in [1.165, 1.54) is 6.20 Å². The van der Waals surface area contributed by atoms with Gasteiger partial charge in [0, 0.05) is 23.4 Å². The number of rotatable bonds is 3. The van der Waals surface area contributed by atoms with E-state index in [1.54, 1.807) is 29.7 Å². The Morgan fingerprint density at radius 1 is 1.47 bits per heavy atom. The van der Waals surface area contributed by atoms with Gasteiger partial charge in [0.2, 0.25) is 0 Å². The molecule has 0 saturated carbocycles. The highest BCUT2D eigenvalue weighted by Gasteiger charge is 2.16. The maximum absolute atomic E-state index is 11.2. The molecule has 0 unspecified atom stereocenters. The molecular formula is C12H10ClN3O2S. The normalized spacial score (nSPS) is 11.2. The molecule has 2 aromatic rings. The van der Waals surface area contributed by atoms with Crippen molar-refractivity contribution in [3.63, 3.8) is 0 Å². The molecule has 1 aromatic carbocycles. The lowest BCUT2D eigenvalue weighted by Gasteiger charge is -2.04. The number of imidazole rings is 1.